The number of carbonyl (C=O) groups excluding carboxylic acids is 1. The summed E-state index contributed by atoms with van der Waals surface area (Å²) in [5.74, 6) is 0.252. The Labute approximate surface area is 146 Å². The standard InChI is InChI=1S/C14H20Cl2N2OS.ClH/c1-17-11-5-3-7-18(9-11)13(19)6-2-4-10-8-12(15)20-14(10)16;/h8,11,17H,2-7,9H2,1H3;1H. The Morgan fingerprint density at radius 2 is 2.29 bits per heavy atom. The molecule has 1 N–H and O–H groups in total. The molecule has 7 heteroatoms. The quantitative estimate of drug-likeness (QED) is 0.848. The van der Waals surface area contributed by atoms with E-state index in [9.17, 15) is 4.79 Å². The molecule has 120 valence electrons. The van der Waals surface area contributed by atoms with E-state index in [4.69, 9.17) is 23.2 Å². The molecular formula is C14H21Cl3N2OS. The van der Waals surface area contributed by atoms with Gasteiger partial charge in [-0.3, -0.25) is 4.79 Å². The third kappa shape index (κ3) is 5.61. The number of hydrogen-bond donors (Lipinski definition) is 1. The Hall–Kier alpha value is -0.000000000000000222. The Morgan fingerprint density at radius 1 is 1.52 bits per heavy atom. The van der Waals surface area contributed by atoms with Gasteiger partial charge < -0.3 is 10.2 Å². The van der Waals surface area contributed by atoms with E-state index < -0.39 is 0 Å². The molecule has 1 atom stereocenters. The van der Waals surface area contributed by atoms with Crippen LogP contribution < -0.4 is 5.32 Å². The van der Waals surface area contributed by atoms with Crippen molar-refractivity contribution in [1.82, 2.24) is 10.2 Å². The van der Waals surface area contributed by atoms with Gasteiger partial charge in [-0.1, -0.05) is 23.2 Å². The third-order valence-corrected chi connectivity index (χ3v) is 5.32. The van der Waals surface area contributed by atoms with Gasteiger partial charge in [0.2, 0.25) is 5.91 Å². The van der Waals surface area contributed by atoms with E-state index in [1.165, 1.54) is 11.3 Å². The first-order chi connectivity index (χ1) is 9.60. The van der Waals surface area contributed by atoms with Crippen LogP contribution in [0.2, 0.25) is 8.67 Å². The van der Waals surface area contributed by atoms with Crippen molar-refractivity contribution in [1.29, 1.82) is 0 Å². The van der Waals surface area contributed by atoms with E-state index in [0.29, 0.717) is 16.8 Å². The van der Waals surface area contributed by atoms with Crippen LogP contribution in [0.5, 0.6) is 0 Å². The number of likely N-dealkylation sites (N-methyl/N-ethyl adjacent to an activating group) is 1. The van der Waals surface area contributed by atoms with Crippen molar-refractivity contribution in [3.8, 4) is 0 Å². The maximum Gasteiger partial charge on any atom is 0.222 e. The number of amides is 1. The largest absolute Gasteiger partial charge is 0.341 e. The second-order valence-corrected chi connectivity index (χ2v) is 7.46. The molecule has 0 saturated carbocycles. The van der Waals surface area contributed by atoms with Gasteiger partial charge in [-0.05, 0) is 44.4 Å². The molecule has 0 radical (unpaired) electrons. The first-order valence-electron chi connectivity index (χ1n) is 6.99. The highest BCUT2D eigenvalue weighted by molar-refractivity contribution is 7.20. The molecule has 1 aliphatic rings. The third-order valence-electron chi connectivity index (χ3n) is 3.75. The van der Waals surface area contributed by atoms with Crippen molar-refractivity contribution in [3.63, 3.8) is 0 Å². The van der Waals surface area contributed by atoms with E-state index in [0.717, 1.165) is 48.7 Å². The van der Waals surface area contributed by atoms with Crippen LogP contribution in [0, 0.1) is 0 Å². The van der Waals surface area contributed by atoms with Crippen molar-refractivity contribution >= 4 is 52.9 Å². The van der Waals surface area contributed by atoms with E-state index in [1.807, 2.05) is 18.0 Å². The molecule has 2 rings (SSSR count). The second kappa shape index (κ2) is 9.21. The first kappa shape index (κ1) is 19.0. The van der Waals surface area contributed by atoms with Gasteiger partial charge in [0.15, 0.2) is 0 Å². The van der Waals surface area contributed by atoms with Crippen LogP contribution in [0.3, 0.4) is 0 Å². The van der Waals surface area contributed by atoms with Gasteiger partial charge >= 0.3 is 0 Å². The highest BCUT2D eigenvalue weighted by Gasteiger charge is 2.22. The molecule has 1 amide bonds. The van der Waals surface area contributed by atoms with E-state index in [2.05, 4.69) is 5.32 Å². The molecule has 0 aromatic carbocycles. The SMILES string of the molecule is CNC1CCCN(C(=O)CCCc2cc(Cl)sc2Cl)C1.Cl. The number of nitrogens with one attached hydrogen (secondary N) is 1. The normalized spacial score (nSPS) is 18.4. The summed E-state index contributed by atoms with van der Waals surface area (Å²) in [6, 6.07) is 2.34. The molecule has 3 nitrogen and oxygen atoms in total. The smallest absolute Gasteiger partial charge is 0.222 e. The summed E-state index contributed by atoms with van der Waals surface area (Å²) in [5, 5.41) is 3.26. The first-order valence-corrected chi connectivity index (χ1v) is 8.56. The number of halogens is 3. The van der Waals surface area contributed by atoms with Crippen molar-refractivity contribution < 1.29 is 4.79 Å². The predicted octanol–water partition coefficient (Wildman–Crippen LogP) is 4.01. The van der Waals surface area contributed by atoms with E-state index >= 15 is 0 Å². The maximum atomic E-state index is 12.2. The molecule has 1 aromatic rings. The summed E-state index contributed by atoms with van der Waals surface area (Å²) in [5.41, 5.74) is 1.06. The van der Waals surface area contributed by atoms with Crippen LogP contribution in [0.4, 0.5) is 0 Å². The summed E-state index contributed by atoms with van der Waals surface area (Å²) in [6.45, 7) is 1.72. The lowest BCUT2D eigenvalue weighted by Crippen LogP contribution is -2.46. The van der Waals surface area contributed by atoms with Crippen molar-refractivity contribution in [2.45, 2.75) is 38.1 Å². The molecule has 0 bridgehead atoms. The predicted molar refractivity (Wildman–Crippen MR) is 93.2 cm³/mol. The Bertz CT molecular complexity index is 467. The Kier molecular flexibility index (Phi) is 8.35. The zero-order valence-electron chi connectivity index (χ0n) is 12.0. The number of nitrogens with zero attached hydrogens (tertiary/aromatic N) is 1. The van der Waals surface area contributed by atoms with Gasteiger partial charge in [0.05, 0.1) is 8.67 Å². The number of carbonyl (C=O) groups is 1. The van der Waals surface area contributed by atoms with Gasteiger partial charge in [-0.25, -0.2) is 0 Å². The average molecular weight is 372 g/mol. The minimum Gasteiger partial charge on any atom is -0.341 e. The monoisotopic (exact) mass is 370 g/mol. The van der Waals surface area contributed by atoms with Gasteiger partial charge in [0, 0.05) is 25.6 Å². The molecule has 1 saturated heterocycles. The molecule has 1 aliphatic heterocycles. The van der Waals surface area contributed by atoms with Crippen LogP contribution >= 0.6 is 46.9 Å². The molecule has 1 unspecified atom stereocenters. The number of hydrogen-bond acceptors (Lipinski definition) is 3. The zero-order valence-corrected chi connectivity index (χ0v) is 15.2. The lowest BCUT2D eigenvalue weighted by molar-refractivity contribution is -0.132. The number of rotatable bonds is 5. The molecule has 2 heterocycles. The van der Waals surface area contributed by atoms with Crippen molar-refractivity contribution in [2.75, 3.05) is 20.1 Å². The van der Waals surface area contributed by atoms with Gasteiger partial charge in [0.1, 0.15) is 0 Å². The number of piperidine rings is 1. The molecule has 1 fully saturated rings. The van der Waals surface area contributed by atoms with Crippen LogP contribution in [0.15, 0.2) is 6.07 Å². The van der Waals surface area contributed by atoms with Gasteiger partial charge in [0.25, 0.3) is 0 Å². The zero-order chi connectivity index (χ0) is 14.5. The Balaban J connectivity index is 0.00000220. The highest BCUT2D eigenvalue weighted by atomic mass is 35.5. The molecular weight excluding hydrogens is 351 g/mol. The van der Waals surface area contributed by atoms with Gasteiger partial charge in [-0.15, -0.1) is 23.7 Å². The molecule has 0 aliphatic carbocycles. The van der Waals surface area contributed by atoms with Crippen LogP contribution in [0.1, 0.15) is 31.2 Å². The molecule has 1 aromatic heterocycles. The van der Waals surface area contributed by atoms with Crippen LogP contribution in [-0.4, -0.2) is 37.0 Å². The van der Waals surface area contributed by atoms with Gasteiger partial charge in [-0.2, -0.15) is 0 Å². The Morgan fingerprint density at radius 3 is 2.90 bits per heavy atom. The second-order valence-electron chi connectivity index (χ2n) is 5.17. The lowest BCUT2D eigenvalue weighted by atomic mass is 10.0. The lowest BCUT2D eigenvalue weighted by Gasteiger charge is -2.32. The minimum absolute atomic E-state index is 0. The van der Waals surface area contributed by atoms with Crippen molar-refractivity contribution in [2.24, 2.45) is 0 Å². The number of thiophene rings is 1. The fourth-order valence-electron chi connectivity index (χ4n) is 2.57. The summed E-state index contributed by atoms with van der Waals surface area (Å²) in [7, 11) is 1.96. The van der Waals surface area contributed by atoms with E-state index in [-0.39, 0.29) is 18.3 Å². The van der Waals surface area contributed by atoms with Crippen molar-refractivity contribution in [3.05, 3.63) is 20.3 Å². The van der Waals surface area contributed by atoms with Crippen LogP contribution in [0.25, 0.3) is 0 Å². The number of aryl methyl sites for hydroxylation is 1. The summed E-state index contributed by atoms with van der Waals surface area (Å²) in [4.78, 5) is 14.2. The highest BCUT2D eigenvalue weighted by Crippen LogP contribution is 2.32. The average Bonchev–Trinajstić information content (AvgIpc) is 2.77. The minimum atomic E-state index is 0. The number of likely N-dealkylation sites (tertiary alicyclic amines) is 1. The van der Waals surface area contributed by atoms with E-state index in [1.54, 1.807) is 0 Å². The fraction of sp³-hybridized carbons (Fsp3) is 0.643. The summed E-state index contributed by atoms with van der Waals surface area (Å²) >= 11 is 13.4. The molecule has 21 heavy (non-hydrogen) atoms. The maximum absolute atomic E-state index is 12.2. The fourth-order valence-corrected chi connectivity index (χ4v) is 4.12. The molecule has 0 spiro atoms. The summed E-state index contributed by atoms with van der Waals surface area (Å²) < 4.78 is 1.46. The topological polar surface area (TPSA) is 32.3 Å². The van der Waals surface area contributed by atoms with Crippen LogP contribution in [-0.2, 0) is 11.2 Å². The summed E-state index contributed by atoms with van der Waals surface area (Å²) in [6.07, 6.45) is 4.47.